The van der Waals surface area contributed by atoms with Crippen molar-refractivity contribution in [3.05, 3.63) is 78.1 Å². The molecular weight excluding hydrogens is 484 g/mol. The number of hydrogen-bond donors (Lipinski definition) is 3. The van der Waals surface area contributed by atoms with Crippen molar-refractivity contribution in [1.29, 1.82) is 0 Å². The Morgan fingerprint density at radius 3 is 2.72 bits per heavy atom. The number of rotatable bonds is 6. The molecule has 0 radical (unpaired) electrons. The summed E-state index contributed by atoms with van der Waals surface area (Å²) in [5.74, 6) is 4.85. The topological polar surface area (TPSA) is 137 Å². The highest BCUT2D eigenvalue weighted by atomic mass is 19.4. The number of benzene rings is 2. The maximum atomic E-state index is 13.5. The number of amides is 1. The van der Waals surface area contributed by atoms with Gasteiger partial charge in [0.2, 0.25) is 5.88 Å². The fraction of sp³-hybridized carbons (Fsp3) is 0.0909. The van der Waals surface area contributed by atoms with Gasteiger partial charge < -0.3 is 15.8 Å². The van der Waals surface area contributed by atoms with Gasteiger partial charge in [0, 0.05) is 23.3 Å². The van der Waals surface area contributed by atoms with Crippen LogP contribution in [0.4, 0.5) is 28.0 Å². The van der Waals surface area contributed by atoms with E-state index in [9.17, 15) is 22.4 Å². The number of nitrogens with one attached hydrogen (secondary N) is 1. The second kappa shape index (κ2) is 9.87. The minimum absolute atomic E-state index is 0.155. The number of ether oxygens (including phenoxy) is 1. The van der Waals surface area contributed by atoms with Crippen molar-refractivity contribution in [2.24, 2.45) is 16.7 Å². The molecule has 0 saturated carbocycles. The van der Waals surface area contributed by atoms with Crippen LogP contribution in [0.3, 0.4) is 0 Å². The summed E-state index contributed by atoms with van der Waals surface area (Å²) in [4.78, 5) is 20.8. The zero-order valence-corrected chi connectivity index (χ0v) is 18.3. The highest BCUT2D eigenvalue weighted by Crippen LogP contribution is 2.33. The smallest absolute Gasteiger partial charge is 0.419 e. The number of hydrogen-bond acceptors (Lipinski definition) is 7. The number of nitrogens with zero attached hydrogens (tertiary/aromatic N) is 5. The van der Waals surface area contributed by atoms with Crippen LogP contribution in [0.5, 0.6) is 11.6 Å². The SMILES string of the molecule is N/C=N\N(N)Cc1cc(Oc2ccc3c(ccn3C(=O)Nc3ccc(F)c(C(F)(F)F)c3)c2)ncn1. The number of alkyl halides is 3. The Labute approximate surface area is 200 Å². The van der Waals surface area contributed by atoms with E-state index in [1.54, 1.807) is 30.3 Å². The van der Waals surface area contributed by atoms with Crippen molar-refractivity contribution in [3.8, 4) is 11.6 Å². The Kier molecular flexibility index (Phi) is 6.69. The molecule has 2 heterocycles. The van der Waals surface area contributed by atoms with Crippen LogP contribution in [0, 0.1) is 5.82 Å². The van der Waals surface area contributed by atoms with Crippen LogP contribution >= 0.6 is 0 Å². The van der Waals surface area contributed by atoms with Crippen LogP contribution in [-0.4, -0.2) is 32.0 Å². The molecule has 0 aliphatic carbocycles. The summed E-state index contributed by atoms with van der Waals surface area (Å²) in [6.45, 7) is 0.155. The number of hydrazine groups is 1. The molecular formula is C22H18F4N8O2. The summed E-state index contributed by atoms with van der Waals surface area (Å²) >= 11 is 0. The number of anilines is 1. The lowest BCUT2D eigenvalue weighted by Gasteiger charge is -2.12. The molecule has 4 rings (SSSR count). The molecule has 186 valence electrons. The highest BCUT2D eigenvalue weighted by molar-refractivity contribution is 5.98. The van der Waals surface area contributed by atoms with E-state index in [1.165, 1.54) is 17.1 Å². The Bertz CT molecular complexity index is 1440. The minimum Gasteiger partial charge on any atom is -0.439 e. The van der Waals surface area contributed by atoms with Crippen LogP contribution in [0.25, 0.3) is 10.9 Å². The van der Waals surface area contributed by atoms with E-state index in [0.29, 0.717) is 34.5 Å². The summed E-state index contributed by atoms with van der Waals surface area (Å²) in [5.41, 5.74) is 4.49. The summed E-state index contributed by atoms with van der Waals surface area (Å²) in [6, 6.07) is 9.50. The van der Waals surface area contributed by atoms with Gasteiger partial charge >= 0.3 is 12.2 Å². The molecule has 0 saturated heterocycles. The second-order valence-electron chi connectivity index (χ2n) is 7.34. The number of fused-ring (bicyclic) bond motifs is 1. The zero-order chi connectivity index (χ0) is 25.9. The van der Waals surface area contributed by atoms with Crippen molar-refractivity contribution in [2.75, 3.05) is 5.32 Å². The van der Waals surface area contributed by atoms with Gasteiger partial charge in [0.05, 0.1) is 23.3 Å². The first-order chi connectivity index (χ1) is 17.1. The first kappa shape index (κ1) is 24.4. The summed E-state index contributed by atoms with van der Waals surface area (Å²) in [6.07, 6.45) is -1.12. The molecule has 2 aromatic heterocycles. The van der Waals surface area contributed by atoms with Gasteiger partial charge in [-0.3, -0.25) is 4.57 Å². The largest absolute Gasteiger partial charge is 0.439 e. The molecule has 10 nitrogen and oxygen atoms in total. The average molecular weight is 502 g/mol. The average Bonchev–Trinajstić information content (AvgIpc) is 3.23. The Hall–Kier alpha value is -4.72. The summed E-state index contributed by atoms with van der Waals surface area (Å²) in [5, 5.41) is 7.72. The molecule has 0 spiro atoms. The predicted octanol–water partition coefficient (Wildman–Crippen LogP) is 4.04. The molecule has 0 atom stereocenters. The molecule has 0 unspecified atom stereocenters. The number of carbonyl (C=O) groups excluding carboxylic acids is 1. The van der Waals surface area contributed by atoms with E-state index < -0.39 is 23.6 Å². The van der Waals surface area contributed by atoms with Gasteiger partial charge in [0.1, 0.15) is 24.2 Å². The zero-order valence-electron chi connectivity index (χ0n) is 18.3. The first-order valence-electron chi connectivity index (χ1n) is 10.2. The van der Waals surface area contributed by atoms with Gasteiger partial charge in [-0.1, -0.05) is 0 Å². The third kappa shape index (κ3) is 5.50. The van der Waals surface area contributed by atoms with Crippen molar-refractivity contribution in [3.63, 3.8) is 0 Å². The molecule has 0 bridgehead atoms. The first-order valence-corrected chi connectivity index (χ1v) is 10.2. The Morgan fingerprint density at radius 2 is 1.97 bits per heavy atom. The van der Waals surface area contributed by atoms with E-state index >= 15 is 0 Å². The molecule has 2 aromatic carbocycles. The lowest BCUT2D eigenvalue weighted by atomic mass is 10.2. The Morgan fingerprint density at radius 1 is 1.17 bits per heavy atom. The fourth-order valence-corrected chi connectivity index (χ4v) is 3.30. The number of halogens is 4. The Balaban J connectivity index is 1.51. The molecule has 5 N–H and O–H groups in total. The van der Waals surface area contributed by atoms with Gasteiger partial charge in [-0.25, -0.2) is 30.1 Å². The van der Waals surface area contributed by atoms with Crippen molar-refractivity contribution in [1.82, 2.24) is 19.7 Å². The standard InChI is InChI=1S/C22H18F4N8O2/c23-18-3-1-14(8-17(18)22(24,25)26)32-21(35)33-6-5-13-7-16(2-4-19(13)33)36-20-9-15(29-12-30-20)10-34(28)31-11-27/h1-9,11-12H,10,28H2,(H2,27,31)(H,32,35). The maximum absolute atomic E-state index is 13.5. The van der Waals surface area contributed by atoms with E-state index in [4.69, 9.17) is 16.3 Å². The van der Waals surface area contributed by atoms with Crippen LogP contribution in [-0.2, 0) is 12.7 Å². The third-order valence-corrected chi connectivity index (χ3v) is 4.86. The number of carbonyl (C=O) groups is 1. The lowest BCUT2D eigenvalue weighted by molar-refractivity contribution is -0.139. The second-order valence-corrected chi connectivity index (χ2v) is 7.34. The van der Waals surface area contributed by atoms with Gasteiger partial charge in [-0.15, -0.1) is 0 Å². The third-order valence-electron chi connectivity index (χ3n) is 4.86. The van der Waals surface area contributed by atoms with Crippen LogP contribution in [0.1, 0.15) is 11.3 Å². The minimum atomic E-state index is -4.89. The number of hydrazone groups is 1. The van der Waals surface area contributed by atoms with Crippen LogP contribution in [0.2, 0.25) is 0 Å². The molecule has 36 heavy (non-hydrogen) atoms. The molecule has 4 aromatic rings. The van der Waals surface area contributed by atoms with Gasteiger partial charge in [-0.05, 0) is 42.5 Å². The van der Waals surface area contributed by atoms with Gasteiger partial charge in [0.25, 0.3) is 0 Å². The van der Waals surface area contributed by atoms with E-state index in [1.807, 2.05) is 0 Å². The van der Waals surface area contributed by atoms with E-state index in [2.05, 4.69) is 20.4 Å². The fourth-order valence-electron chi connectivity index (χ4n) is 3.30. The van der Waals surface area contributed by atoms with Gasteiger partial charge in [0.15, 0.2) is 0 Å². The molecule has 0 aliphatic rings. The van der Waals surface area contributed by atoms with E-state index in [0.717, 1.165) is 17.5 Å². The summed E-state index contributed by atoms with van der Waals surface area (Å²) < 4.78 is 59.3. The molecule has 0 aliphatic heterocycles. The molecule has 0 fully saturated rings. The molecule has 14 heteroatoms. The van der Waals surface area contributed by atoms with E-state index in [-0.39, 0.29) is 18.1 Å². The summed E-state index contributed by atoms with van der Waals surface area (Å²) in [7, 11) is 0. The quantitative estimate of drug-likeness (QED) is 0.119. The normalized spacial score (nSPS) is 11.7. The molecule has 1 amide bonds. The van der Waals surface area contributed by atoms with Gasteiger partial charge in [-0.2, -0.15) is 18.3 Å². The number of nitrogens with two attached hydrogens (primary N) is 2. The van der Waals surface area contributed by atoms with Crippen LogP contribution < -0.4 is 21.6 Å². The number of aromatic nitrogens is 3. The monoisotopic (exact) mass is 502 g/mol. The maximum Gasteiger partial charge on any atom is 0.419 e. The predicted molar refractivity (Wildman–Crippen MR) is 122 cm³/mol. The van der Waals surface area contributed by atoms with Crippen molar-refractivity contribution >= 4 is 29.0 Å². The van der Waals surface area contributed by atoms with Crippen molar-refractivity contribution in [2.45, 2.75) is 12.7 Å². The lowest BCUT2D eigenvalue weighted by Crippen LogP contribution is -2.25. The highest BCUT2D eigenvalue weighted by Gasteiger charge is 2.34. The van der Waals surface area contributed by atoms with Crippen LogP contribution in [0.15, 0.2) is 66.2 Å². The van der Waals surface area contributed by atoms with Crippen molar-refractivity contribution < 1.29 is 27.1 Å².